The third-order valence-electron chi connectivity index (χ3n) is 3.71. The van der Waals surface area contributed by atoms with Crippen molar-refractivity contribution in [1.82, 2.24) is 0 Å². The van der Waals surface area contributed by atoms with E-state index in [9.17, 15) is 8.78 Å². The van der Waals surface area contributed by atoms with Crippen LogP contribution in [0, 0.1) is 11.6 Å². The van der Waals surface area contributed by atoms with E-state index in [0.29, 0.717) is 0 Å². The molecule has 0 heterocycles. The lowest BCUT2D eigenvalue weighted by Gasteiger charge is -2.17. The molecular weight excluding hydrogens is 260 g/mol. The molecule has 1 unspecified atom stereocenters. The smallest absolute Gasteiger partial charge is 0.149 e. The van der Waals surface area contributed by atoms with Gasteiger partial charge in [-0.3, -0.25) is 0 Å². The zero-order valence-corrected chi connectivity index (χ0v) is 11.1. The van der Waals surface area contributed by atoms with Crippen LogP contribution in [0.2, 0.25) is 0 Å². The van der Waals surface area contributed by atoms with Crippen LogP contribution < -0.4 is 10.1 Å². The highest BCUT2D eigenvalue weighted by molar-refractivity contribution is 5.51. The summed E-state index contributed by atoms with van der Waals surface area (Å²) >= 11 is 0. The Morgan fingerprint density at radius 1 is 1.15 bits per heavy atom. The average molecular weight is 275 g/mol. The summed E-state index contributed by atoms with van der Waals surface area (Å²) in [5, 5.41) is 2.98. The predicted molar refractivity (Wildman–Crippen MR) is 74.0 cm³/mol. The van der Waals surface area contributed by atoms with Crippen LogP contribution in [0.25, 0.3) is 0 Å². The van der Waals surface area contributed by atoms with Crippen molar-refractivity contribution in [3.8, 4) is 5.75 Å². The van der Waals surface area contributed by atoms with Crippen LogP contribution in [0.1, 0.15) is 23.6 Å². The number of ether oxygens (including phenoxy) is 1. The molecule has 3 rings (SSSR count). The predicted octanol–water partition coefficient (Wildman–Crippen LogP) is 4.07. The Morgan fingerprint density at radius 3 is 2.60 bits per heavy atom. The van der Waals surface area contributed by atoms with Gasteiger partial charge in [0.2, 0.25) is 0 Å². The number of methoxy groups -OCH3 is 1. The highest BCUT2D eigenvalue weighted by atomic mass is 19.1. The number of rotatable bonds is 3. The van der Waals surface area contributed by atoms with E-state index in [0.717, 1.165) is 24.2 Å². The zero-order valence-electron chi connectivity index (χ0n) is 11.1. The van der Waals surface area contributed by atoms with E-state index in [-0.39, 0.29) is 11.7 Å². The quantitative estimate of drug-likeness (QED) is 0.911. The van der Waals surface area contributed by atoms with Crippen molar-refractivity contribution in [2.45, 2.75) is 18.9 Å². The van der Waals surface area contributed by atoms with E-state index in [1.807, 2.05) is 18.2 Å². The molecule has 0 amide bonds. The molecule has 0 aliphatic heterocycles. The standard InChI is InChI=1S/C16H15F2NO/c1-20-11-7-5-10-6-8-15(12(10)9-11)19-16-13(17)3-2-4-14(16)18/h2-5,7,9,15,19H,6,8H2,1H3. The number of para-hydroxylation sites is 1. The minimum Gasteiger partial charge on any atom is -0.497 e. The van der Waals surface area contributed by atoms with Gasteiger partial charge in [0.25, 0.3) is 0 Å². The van der Waals surface area contributed by atoms with Gasteiger partial charge in [0, 0.05) is 0 Å². The Kier molecular flexibility index (Phi) is 3.30. The van der Waals surface area contributed by atoms with E-state index in [1.54, 1.807) is 7.11 Å². The first kappa shape index (κ1) is 12.9. The summed E-state index contributed by atoms with van der Waals surface area (Å²) in [5.41, 5.74) is 2.18. The van der Waals surface area contributed by atoms with E-state index >= 15 is 0 Å². The molecule has 0 radical (unpaired) electrons. The zero-order chi connectivity index (χ0) is 14.1. The summed E-state index contributed by atoms with van der Waals surface area (Å²) in [6.45, 7) is 0. The Hall–Kier alpha value is -2.10. The van der Waals surface area contributed by atoms with Crippen molar-refractivity contribution in [3.63, 3.8) is 0 Å². The van der Waals surface area contributed by atoms with Crippen molar-refractivity contribution >= 4 is 5.69 Å². The molecule has 0 saturated heterocycles. The molecule has 1 atom stereocenters. The minimum atomic E-state index is -0.568. The number of halogens is 2. The molecule has 0 bridgehead atoms. The van der Waals surface area contributed by atoms with E-state index in [2.05, 4.69) is 5.32 Å². The first-order valence-corrected chi connectivity index (χ1v) is 6.56. The molecule has 20 heavy (non-hydrogen) atoms. The molecule has 2 aromatic rings. The van der Waals surface area contributed by atoms with Crippen LogP contribution in [-0.2, 0) is 6.42 Å². The lowest BCUT2D eigenvalue weighted by molar-refractivity contribution is 0.414. The monoisotopic (exact) mass is 275 g/mol. The molecule has 2 nitrogen and oxygen atoms in total. The summed E-state index contributed by atoms with van der Waals surface area (Å²) < 4.78 is 32.6. The van der Waals surface area contributed by atoms with E-state index in [1.165, 1.54) is 23.8 Å². The first-order chi connectivity index (χ1) is 9.69. The van der Waals surface area contributed by atoms with Gasteiger partial charge in [0.1, 0.15) is 23.1 Å². The second-order valence-corrected chi connectivity index (χ2v) is 4.90. The molecule has 2 aromatic carbocycles. The average Bonchev–Trinajstić information content (AvgIpc) is 2.85. The molecule has 1 aliphatic rings. The number of nitrogens with one attached hydrogen (secondary N) is 1. The van der Waals surface area contributed by atoms with Gasteiger partial charge >= 0.3 is 0 Å². The fourth-order valence-corrected chi connectivity index (χ4v) is 2.67. The molecule has 0 spiro atoms. The van der Waals surface area contributed by atoms with Gasteiger partial charge in [-0.15, -0.1) is 0 Å². The van der Waals surface area contributed by atoms with E-state index in [4.69, 9.17) is 4.74 Å². The normalized spacial score (nSPS) is 16.9. The lowest BCUT2D eigenvalue weighted by atomic mass is 10.1. The Bertz CT molecular complexity index is 622. The molecule has 0 fully saturated rings. The lowest BCUT2D eigenvalue weighted by Crippen LogP contribution is -2.10. The Balaban J connectivity index is 1.92. The molecule has 0 saturated carbocycles. The van der Waals surface area contributed by atoms with Gasteiger partial charge in [-0.1, -0.05) is 12.1 Å². The van der Waals surface area contributed by atoms with Crippen molar-refractivity contribution in [2.75, 3.05) is 12.4 Å². The fourth-order valence-electron chi connectivity index (χ4n) is 2.67. The van der Waals surface area contributed by atoms with Crippen LogP contribution in [0.15, 0.2) is 36.4 Å². The van der Waals surface area contributed by atoms with Crippen LogP contribution in [0.4, 0.5) is 14.5 Å². The highest BCUT2D eigenvalue weighted by Crippen LogP contribution is 2.37. The van der Waals surface area contributed by atoms with Gasteiger partial charge < -0.3 is 10.1 Å². The van der Waals surface area contributed by atoms with Crippen molar-refractivity contribution < 1.29 is 13.5 Å². The Labute approximate surface area is 116 Å². The molecule has 104 valence electrons. The van der Waals surface area contributed by atoms with Crippen LogP contribution in [0.3, 0.4) is 0 Å². The van der Waals surface area contributed by atoms with Gasteiger partial charge in [0.05, 0.1) is 13.2 Å². The second-order valence-electron chi connectivity index (χ2n) is 4.90. The van der Waals surface area contributed by atoms with Crippen molar-refractivity contribution in [1.29, 1.82) is 0 Å². The summed E-state index contributed by atoms with van der Waals surface area (Å²) in [7, 11) is 1.61. The highest BCUT2D eigenvalue weighted by Gasteiger charge is 2.24. The number of aryl methyl sites for hydroxylation is 1. The minimum absolute atomic E-state index is 0.0619. The molecule has 1 aliphatic carbocycles. The maximum absolute atomic E-state index is 13.7. The number of anilines is 1. The van der Waals surface area contributed by atoms with Crippen LogP contribution >= 0.6 is 0 Å². The van der Waals surface area contributed by atoms with Crippen LogP contribution in [0.5, 0.6) is 5.75 Å². The van der Waals surface area contributed by atoms with Crippen molar-refractivity contribution in [3.05, 3.63) is 59.2 Å². The maximum atomic E-state index is 13.7. The third-order valence-corrected chi connectivity index (χ3v) is 3.71. The summed E-state index contributed by atoms with van der Waals surface area (Å²) in [6.07, 6.45) is 1.71. The molecular formula is C16H15F2NO. The summed E-state index contributed by atoms with van der Waals surface area (Å²) in [6, 6.07) is 9.63. The number of fused-ring (bicyclic) bond motifs is 1. The van der Waals surface area contributed by atoms with Crippen LogP contribution in [-0.4, -0.2) is 7.11 Å². The van der Waals surface area contributed by atoms with Gasteiger partial charge in [-0.05, 0) is 48.2 Å². The molecule has 1 N–H and O–H groups in total. The molecule has 0 aromatic heterocycles. The van der Waals surface area contributed by atoms with Gasteiger partial charge in [-0.25, -0.2) is 8.78 Å². The van der Waals surface area contributed by atoms with Gasteiger partial charge in [-0.2, -0.15) is 0 Å². The van der Waals surface area contributed by atoms with E-state index < -0.39 is 11.6 Å². The van der Waals surface area contributed by atoms with Crippen molar-refractivity contribution in [2.24, 2.45) is 0 Å². The molecule has 4 heteroatoms. The third kappa shape index (κ3) is 2.22. The SMILES string of the molecule is COc1ccc2c(c1)C(Nc1c(F)cccc1F)CC2. The summed E-state index contributed by atoms with van der Waals surface area (Å²) in [4.78, 5) is 0. The largest absolute Gasteiger partial charge is 0.497 e. The Morgan fingerprint density at radius 2 is 1.90 bits per heavy atom. The second kappa shape index (κ2) is 5.12. The summed E-state index contributed by atoms with van der Waals surface area (Å²) in [5.74, 6) is -0.380. The van der Waals surface area contributed by atoms with Gasteiger partial charge in [0.15, 0.2) is 0 Å². The first-order valence-electron chi connectivity index (χ1n) is 6.56. The maximum Gasteiger partial charge on any atom is 0.149 e. The topological polar surface area (TPSA) is 21.3 Å². The number of hydrogen-bond donors (Lipinski definition) is 1. The number of benzene rings is 2. The fraction of sp³-hybridized carbons (Fsp3) is 0.250. The number of hydrogen-bond acceptors (Lipinski definition) is 2.